The summed E-state index contributed by atoms with van der Waals surface area (Å²) in [6, 6.07) is 24.6. The summed E-state index contributed by atoms with van der Waals surface area (Å²) >= 11 is 0. The number of aliphatic hydroxyl groups excluding tert-OH is 1. The van der Waals surface area contributed by atoms with E-state index >= 15 is 0 Å². The molecule has 3 aromatic carbocycles. The highest BCUT2D eigenvalue weighted by Crippen LogP contribution is 2.40. The molecule has 5 heteroatoms. The first kappa shape index (κ1) is 21.9. The van der Waals surface area contributed by atoms with Gasteiger partial charge in [-0.25, -0.2) is 0 Å². The van der Waals surface area contributed by atoms with Crippen molar-refractivity contribution < 1.29 is 19.0 Å². The lowest BCUT2D eigenvalue weighted by Crippen LogP contribution is -2.68. The molecule has 0 atom stereocenters. The monoisotopic (exact) mass is 422 g/mol. The number of hydrogen-bond acceptors (Lipinski definition) is 4. The van der Waals surface area contributed by atoms with Crippen LogP contribution in [-0.2, 0) is 6.61 Å². The van der Waals surface area contributed by atoms with Crippen LogP contribution in [0.4, 0.5) is 0 Å². The third kappa shape index (κ3) is 3.95. The fourth-order valence-electron chi connectivity index (χ4n) is 4.00. The number of ether oxygens (including phenoxy) is 2. The lowest BCUT2D eigenvalue weighted by atomic mass is 10.2. The van der Waals surface area contributed by atoms with Gasteiger partial charge in [0.05, 0.1) is 26.4 Å². The molecule has 0 spiro atoms. The predicted molar refractivity (Wildman–Crippen MR) is 124 cm³/mol. The summed E-state index contributed by atoms with van der Waals surface area (Å²) in [5, 5.41) is 12.0. The van der Waals surface area contributed by atoms with Crippen LogP contribution >= 0.6 is 0 Å². The molecule has 0 radical (unpaired) electrons. The Morgan fingerprint density at radius 2 is 1.20 bits per heavy atom. The minimum atomic E-state index is -2.76. The van der Waals surface area contributed by atoms with E-state index in [2.05, 4.69) is 69.3 Å². The van der Waals surface area contributed by atoms with E-state index in [4.69, 9.17) is 13.9 Å². The van der Waals surface area contributed by atoms with E-state index in [1.165, 1.54) is 10.4 Å². The van der Waals surface area contributed by atoms with Crippen molar-refractivity contribution in [3.05, 3.63) is 78.4 Å². The van der Waals surface area contributed by atoms with E-state index in [9.17, 15) is 5.11 Å². The minimum Gasteiger partial charge on any atom is -0.534 e. The van der Waals surface area contributed by atoms with E-state index in [1.54, 1.807) is 14.2 Å². The van der Waals surface area contributed by atoms with Gasteiger partial charge < -0.3 is 19.0 Å². The van der Waals surface area contributed by atoms with E-state index in [0.717, 1.165) is 0 Å². The highest BCUT2D eigenvalue weighted by Gasteiger charge is 2.52. The molecule has 1 N–H and O–H groups in total. The molecule has 0 aliphatic rings. The zero-order valence-electron chi connectivity index (χ0n) is 18.3. The van der Waals surface area contributed by atoms with Gasteiger partial charge in [0.15, 0.2) is 0 Å². The first-order chi connectivity index (χ1) is 14.4. The first-order valence-corrected chi connectivity index (χ1v) is 11.9. The summed E-state index contributed by atoms with van der Waals surface area (Å²) in [7, 11) is 0.405. The Hall–Kier alpha value is -2.76. The fraction of sp³-hybridized carbons (Fsp3) is 0.280. The van der Waals surface area contributed by atoms with Crippen molar-refractivity contribution in [2.75, 3.05) is 14.2 Å². The van der Waals surface area contributed by atoms with Gasteiger partial charge in [0.1, 0.15) is 17.2 Å². The van der Waals surface area contributed by atoms with Gasteiger partial charge in [0.2, 0.25) is 0 Å². The van der Waals surface area contributed by atoms with Crippen LogP contribution in [0.25, 0.3) is 0 Å². The topological polar surface area (TPSA) is 47.9 Å². The average molecular weight is 423 g/mol. The van der Waals surface area contributed by atoms with Gasteiger partial charge in [-0.05, 0) is 15.4 Å². The maximum absolute atomic E-state index is 9.78. The molecule has 0 fully saturated rings. The summed E-state index contributed by atoms with van der Waals surface area (Å²) in [5.74, 6) is 1.75. The Morgan fingerprint density at radius 3 is 1.53 bits per heavy atom. The number of hydrogen-bond donors (Lipinski definition) is 1. The van der Waals surface area contributed by atoms with Crippen LogP contribution in [0.5, 0.6) is 17.2 Å². The van der Waals surface area contributed by atoms with Crippen LogP contribution in [0.15, 0.2) is 72.8 Å². The van der Waals surface area contributed by atoms with Crippen LogP contribution in [0.2, 0.25) is 5.04 Å². The van der Waals surface area contributed by atoms with Crippen LogP contribution in [-0.4, -0.2) is 27.6 Å². The highest BCUT2D eigenvalue weighted by atomic mass is 28.4. The summed E-state index contributed by atoms with van der Waals surface area (Å²) in [6.07, 6.45) is 0. The summed E-state index contributed by atoms with van der Waals surface area (Å²) in [5.41, 5.74) is 0.606. The molecule has 0 saturated heterocycles. The number of benzene rings is 3. The Balaban J connectivity index is 2.27. The standard InChI is InChI=1S/C25H30O4Si/c1-25(2,3)30(20-12-8-6-9-13-20,21-14-10-7-11-15-21)29-19-16-23(27-4)22(18-26)24(17-19)28-5/h6-17,26H,18H2,1-5H3. The molecule has 4 nitrogen and oxygen atoms in total. The summed E-state index contributed by atoms with van der Waals surface area (Å²) < 4.78 is 18.1. The molecule has 0 heterocycles. The van der Waals surface area contributed by atoms with Crippen LogP contribution in [0, 0.1) is 0 Å². The van der Waals surface area contributed by atoms with Crippen molar-refractivity contribution in [3.63, 3.8) is 0 Å². The second-order valence-electron chi connectivity index (χ2n) is 8.23. The quantitative estimate of drug-likeness (QED) is 0.582. The molecule has 0 aromatic heterocycles. The summed E-state index contributed by atoms with van der Waals surface area (Å²) in [4.78, 5) is 0. The zero-order valence-corrected chi connectivity index (χ0v) is 19.3. The molecule has 158 valence electrons. The lowest BCUT2D eigenvalue weighted by Gasteiger charge is -2.43. The summed E-state index contributed by atoms with van der Waals surface area (Å²) in [6.45, 7) is 6.52. The zero-order chi connectivity index (χ0) is 21.8. The van der Waals surface area contributed by atoms with E-state index < -0.39 is 8.32 Å². The maximum Gasteiger partial charge on any atom is 0.319 e. The van der Waals surface area contributed by atoms with Crippen molar-refractivity contribution in [2.45, 2.75) is 32.4 Å². The Kier molecular flexibility index (Phi) is 6.54. The molecule has 0 saturated carbocycles. The molecule has 0 aliphatic carbocycles. The Bertz CT molecular complexity index is 901. The van der Waals surface area contributed by atoms with Crippen molar-refractivity contribution in [1.82, 2.24) is 0 Å². The van der Waals surface area contributed by atoms with Crippen molar-refractivity contribution >= 4 is 18.7 Å². The van der Waals surface area contributed by atoms with Gasteiger partial charge in [-0.2, -0.15) is 0 Å². The molecule has 0 bridgehead atoms. The van der Waals surface area contributed by atoms with Crippen LogP contribution in [0.3, 0.4) is 0 Å². The molecule has 0 amide bonds. The average Bonchev–Trinajstić information content (AvgIpc) is 2.77. The predicted octanol–water partition coefficient (Wildman–Crippen LogP) is 4.13. The number of methoxy groups -OCH3 is 2. The number of aliphatic hydroxyl groups is 1. The normalized spacial score (nSPS) is 11.8. The molecular weight excluding hydrogens is 392 g/mol. The van der Waals surface area contributed by atoms with Crippen molar-refractivity contribution in [2.24, 2.45) is 0 Å². The van der Waals surface area contributed by atoms with Crippen LogP contribution < -0.4 is 24.3 Å². The molecular formula is C25H30O4Si. The fourth-order valence-corrected chi connectivity index (χ4v) is 8.40. The van der Waals surface area contributed by atoms with Crippen molar-refractivity contribution in [1.29, 1.82) is 0 Å². The lowest BCUT2D eigenvalue weighted by molar-refractivity contribution is 0.264. The van der Waals surface area contributed by atoms with E-state index in [0.29, 0.717) is 22.8 Å². The third-order valence-electron chi connectivity index (χ3n) is 5.43. The van der Waals surface area contributed by atoms with Gasteiger partial charge in [0, 0.05) is 12.1 Å². The second kappa shape index (κ2) is 8.94. The Morgan fingerprint density at radius 1 is 0.767 bits per heavy atom. The smallest absolute Gasteiger partial charge is 0.319 e. The van der Waals surface area contributed by atoms with Gasteiger partial charge in [-0.3, -0.25) is 0 Å². The second-order valence-corrected chi connectivity index (χ2v) is 12.5. The van der Waals surface area contributed by atoms with Gasteiger partial charge >= 0.3 is 8.32 Å². The first-order valence-electron chi connectivity index (χ1n) is 10.0. The van der Waals surface area contributed by atoms with E-state index in [1.807, 2.05) is 24.3 Å². The van der Waals surface area contributed by atoms with Gasteiger partial charge in [0.25, 0.3) is 0 Å². The molecule has 0 unspecified atom stereocenters. The Labute approximate surface area is 180 Å². The van der Waals surface area contributed by atoms with Crippen LogP contribution in [0.1, 0.15) is 26.3 Å². The van der Waals surface area contributed by atoms with Gasteiger partial charge in [-0.1, -0.05) is 81.4 Å². The molecule has 3 rings (SSSR count). The maximum atomic E-state index is 9.78. The third-order valence-corrected chi connectivity index (χ3v) is 10.4. The molecule has 0 aliphatic heterocycles. The van der Waals surface area contributed by atoms with E-state index in [-0.39, 0.29) is 11.6 Å². The largest absolute Gasteiger partial charge is 0.534 e. The van der Waals surface area contributed by atoms with Gasteiger partial charge in [-0.15, -0.1) is 0 Å². The SMILES string of the molecule is COc1cc(O[Si](c2ccccc2)(c2ccccc2)C(C)(C)C)cc(OC)c1CO. The molecule has 30 heavy (non-hydrogen) atoms. The highest BCUT2D eigenvalue weighted by molar-refractivity contribution is 7.00. The minimum absolute atomic E-state index is 0.161. The number of rotatable bonds is 7. The molecule has 3 aromatic rings. The van der Waals surface area contributed by atoms with Crippen molar-refractivity contribution in [3.8, 4) is 17.2 Å².